The number of hydrogen-bond acceptors (Lipinski definition) is 4. The van der Waals surface area contributed by atoms with E-state index in [0.29, 0.717) is 6.54 Å². The number of aromatic amines is 1. The maximum atomic E-state index is 11.7. The van der Waals surface area contributed by atoms with Crippen LogP contribution in [0.4, 0.5) is 0 Å². The van der Waals surface area contributed by atoms with Crippen molar-refractivity contribution < 1.29 is 8.42 Å². The van der Waals surface area contributed by atoms with Gasteiger partial charge in [0.05, 0.1) is 18.9 Å². The standard InChI is InChI=1S/C10H15N5O2S/c16-18(17,10-7-12-8-13-10)14-3-1-2-5-15-6-4-11-9-15/h4,6-9,14H,1-3,5H2,(H,12,13). The van der Waals surface area contributed by atoms with Crippen molar-refractivity contribution in [2.24, 2.45) is 0 Å². The first-order chi connectivity index (χ1) is 8.68. The maximum absolute atomic E-state index is 11.7. The highest BCUT2D eigenvalue weighted by Crippen LogP contribution is 2.02. The third kappa shape index (κ3) is 3.41. The van der Waals surface area contributed by atoms with Gasteiger partial charge in [-0.2, -0.15) is 0 Å². The molecule has 0 saturated heterocycles. The first kappa shape index (κ1) is 12.8. The monoisotopic (exact) mass is 269 g/mol. The van der Waals surface area contributed by atoms with Crippen LogP contribution < -0.4 is 4.72 Å². The quantitative estimate of drug-likeness (QED) is 0.710. The van der Waals surface area contributed by atoms with E-state index in [1.165, 1.54) is 12.5 Å². The molecule has 0 amide bonds. The Morgan fingerprint density at radius 3 is 2.89 bits per heavy atom. The van der Waals surface area contributed by atoms with E-state index in [0.717, 1.165) is 19.4 Å². The minimum absolute atomic E-state index is 0.0945. The topological polar surface area (TPSA) is 92.7 Å². The number of nitrogens with one attached hydrogen (secondary N) is 2. The molecule has 0 radical (unpaired) electrons. The van der Waals surface area contributed by atoms with Gasteiger partial charge in [0.15, 0.2) is 5.03 Å². The Morgan fingerprint density at radius 1 is 1.33 bits per heavy atom. The zero-order valence-corrected chi connectivity index (χ0v) is 10.6. The second kappa shape index (κ2) is 5.78. The smallest absolute Gasteiger partial charge is 0.257 e. The van der Waals surface area contributed by atoms with Crippen LogP contribution in [0.2, 0.25) is 0 Å². The molecule has 0 spiro atoms. The molecule has 8 heteroatoms. The summed E-state index contributed by atoms with van der Waals surface area (Å²) in [5.74, 6) is 0. The fourth-order valence-corrected chi connectivity index (χ4v) is 2.49. The lowest BCUT2D eigenvalue weighted by Crippen LogP contribution is -2.25. The van der Waals surface area contributed by atoms with Crippen molar-refractivity contribution in [2.75, 3.05) is 6.54 Å². The number of rotatable bonds is 7. The van der Waals surface area contributed by atoms with Crippen LogP contribution in [0.25, 0.3) is 0 Å². The average molecular weight is 269 g/mol. The molecule has 0 fully saturated rings. The summed E-state index contributed by atoms with van der Waals surface area (Å²) in [7, 11) is -3.44. The highest BCUT2D eigenvalue weighted by Gasteiger charge is 2.13. The summed E-state index contributed by atoms with van der Waals surface area (Å²) in [6, 6.07) is 0. The van der Waals surface area contributed by atoms with Crippen molar-refractivity contribution in [3.05, 3.63) is 31.2 Å². The zero-order valence-electron chi connectivity index (χ0n) is 9.78. The van der Waals surface area contributed by atoms with Crippen LogP contribution in [-0.2, 0) is 16.6 Å². The van der Waals surface area contributed by atoms with Gasteiger partial charge in [0, 0.05) is 25.5 Å². The fraction of sp³-hybridized carbons (Fsp3) is 0.400. The van der Waals surface area contributed by atoms with Crippen LogP contribution in [0, 0.1) is 0 Å². The van der Waals surface area contributed by atoms with Crippen molar-refractivity contribution in [3.63, 3.8) is 0 Å². The maximum Gasteiger partial charge on any atom is 0.257 e. The van der Waals surface area contributed by atoms with Crippen LogP contribution in [0.1, 0.15) is 12.8 Å². The highest BCUT2D eigenvalue weighted by molar-refractivity contribution is 7.89. The van der Waals surface area contributed by atoms with Crippen molar-refractivity contribution in [2.45, 2.75) is 24.4 Å². The fourth-order valence-electron chi connectivity index (χ4n) is 1.51. The van der Waals surface area contributed by atoms with E-state index in [4.69, 9.17) is 0 Å². The zero-order chi connectivity index (χ0) is 12.8. The molecule has 0 aliphatic heterocycles. The van der Waals surface area contributed by atoms with Crippen molar-refractivity contribution in [1.82, 2.24) is 24.2 Å². The van der Waals surface area contributed by atoms with E-state index in [1.807, 2.05) is 10.8 Å². The van der Waals surface area contributed by atoms with E-state index in [-0.39, 0.29) is 5.03 Å². The molecule has 2 rings (SSSR count). The average Bonchev–Trinajstić information content (AvgIpc) is 3.02. The minimum Gasteiger partial charge on any atom is -0.337 e. The number of imidazole rings is 2. The second-order valence-corrected chi connectivity index (χ2v) is 5.56. The number of aromatic nitrogens is 4. The summed E-state index contributed by atoms with van der Waals surface area (Å²) in [5, 5.41) is 0.0945. The Bertz CT molecular complexity index is 547. The Balaban J connectivity index is 1.69. The van der Waals surface area contributed by atoms with Gasteiger partial charge < -0.3 is 9.55 Å². The molecule has 0 bridgehead atoms. The number of hydrogen-bond donors (Lipinski definition) is 2. The van der Waals surface area contributed by atoms with Gasteiger partial charge in [0.2, 0.25) is 0 Å². The molecule has 2 N–H and O–H groups in total. The highest BCUT2D eigenvalue weighted by atomic mass is 32.2. The van der Waals surface area contributed by atoms with Crippen molar-refractivity contribution in [3.8, 4) is 0 Å². The number of sulfonamides is 1. The predicted octanol–water partition coefficient (Wildman–Crippen LogP) is 0.365. The second-order valence-electron chi connectivity index (χ2n) is 3.82. The Hall–Kier alpha value is -1.67. The van der Waals surface area contributed by atoms with Crippen LogP contribution >= 0.6 is 0 Å². The summed E-state index contributed by atoms with van der Waals surface area (Å²) in [6.45, 7) is 1.25. The van der Waals surface area contributed by atoms with E-state index in [2.05, 4.69) is 19.7 Å². The predicted molar refractivity (Wildman–Crippen MR) is 65.2 cm³/mol. The van der Waals surface area contributed by atoms with Gasteiger partial charge in [-0.1, -0.05) is 0 Å². The molecule has 0 saturated carbocycles. The number of aryl methyl sites for hydroxylation is 1. The summed E-state index contributed by atoms with van der Waals surface area (Å²) in [5.41, 5.74) is 0. The SMILES string of the molecule is O=S(=O)(NCCCCn1ccnc1)c1cnc[nH]1. The van der Waals surface area contributed by atoms with E-state index >= 15 is 0 Å². The van der Waals surface area contributed by atoms with Crippen molar-refractivity contribution in [1.29, 1.82) is 0 Å². The summed E-state index contributed by atoms with van der Waals surface area (Å²) in [6.07, 6.45) is 9.64. The van der Waals surface area contributed by atoms with E-state index in [9.17, 15) is 8.42 Å². The van der Waals surface area contributed by atoms with E-state index in [1.54, 1.807) is 12.5 Å². The van der Waals surface area contributed by atoms with Gasteiger partial charge in [-0.3, -0.25) is 0 Å². The number of unbranched alkanes of at least 4 members (excludes halogenated alkanes) is 1. The molecule has 2 heterocycles. The van der Waals surface area contributed by atoms with Crippen LogP contribution in [0.3, 0.4) is 0 Å². The molecular weight excluding hydrogens is 254 g/mol. The molecular formula is C10H15N5O2S. The molecule has 18 heavy (non-hydrogen) atoms. The molecule has 0 aromatic carbocycles. The molecule has 2 aromatic heterocycles. The Kier molecular flexibility index (Phi) is 4.11. The molecule has 0 unspecified atom stereocenters. The third-order valence-electron chi connectivity index (χ3n) is 2.46. The van der Waals surface area contributed by atoms with Crippen LogP contribution in [0.15, 0.2) is 36.3 Å². The summed E-state index contributed by atoms with van der Waals surface area (Å²) >= 11 is 0. The van der Waals surface area contributed by atoms with Gasteiger partial charge in [-0.05, 0) is 12.8 Å². The largest absolute Gasteiger partial charge is 0.337 e. The van der Waals surface area contributed by atoms with Crippen LogP contribution in [-0.4, -0.2) is 34.5 Å². The molecule has 7 nitrogen and oxygen atoms in total. The lowest BCUT2D eigenvalue weighted by Gasteiger charge is -2.05. The molecule has 0 aliphatic rings. The van der Waals surface area contributed by atoms with Gasteiger partial charge in [-0.15, -0.1) is 0 Å². The first-order valence-electron chi connectivity index (χ1n) is 5.62. The third-order valence-corrected chi connectivity index (χ3v) is 3.84. The lowest BCUT2D eigenvalue weighted by atomic mass is 10.3. The summed E-state index contributed by atoms with van der Waals surface area (Å²) in [4.78, 5) is 10.2. The summed E-state index contributed by atoms with van der Waals surface area (Å²) < 4.78 is 27.9. The molecule has 2 aromatic rings. The number of H-pyrrole nitrogens is 1. The first-order valence-corrected chi connectivity index (χ1v) is 7.10. The molecule has 98 valence electrons. The van der Waals surface area contributed by atoms with Gasteiger partial charge in [0.1, 0.15) is 0 Å². The van der Waals surface area contributed by atoms with Gasteiger partial charge in [0.25, 0.3) is 10.0 Å². The van der Waals surface area contributed by atoms with Crippen molar-refractivity contribution >= 4 is 10.0 Å². The molecule has 0 aliphatic carbocycles. The Labute approximate surface area is 105 Å². The normalized spacial score (nSPS) is 11.8. The lowest BCUT2D eigenvalue weighted by molar-refractivity contribution is 0.563. The molecule has 0 atom stereocenters. The Morgan fingerprint density at radius 2 is 2.22 bits per heavy atom. The van der Waals surface area contributed by atoms with Gasteiger partial charge in [-0.25, -0.2) is 23.1 Å². The van der Waals surface area contributed by atoms with Crippen LogP contribution in [0.5, 0.6) is 0 Å². The minimum atomic E-state index is -3.44. The van der Waals surface area contributed by atoms with Gasteiger partial charge >= 0.3 is 0 Å². The van der Waals surface area contributed by atoms with E-state index < -0.39 is 10.0 Å². The number of nitrogens with zero attached hydrogens (tertiary/aromatic N) is 3.